The third-order valence-corrected chi connectivity index (χ3v) is 1.96. The van der Waals surface area contributed by atoms with Crippen LogP contribution in [0.1, 0.15) is 18.0 Å². The van der Waals surface area contributed by atoms with Gasteiger partial charge in [-0.15, -0.1) is 12.4 Å². The van der Waals surface area contributed by atoms with Gasteiger partial charge in [-0.05, 0) is 23.8 Å². The minimum atomic E-state index is -2.51. The smallest absolute Gasteiger partial charge is 0.240 e. The maximum atomic E-state index is 12.8. The molecule has 0 spiro atoms. The molecule has 0 heterocycles. The summed E-state index contributed by atoms with van der Waals surface area (Å²) in [5.41, 5.74) is 5.72. The Morgan fingerprint density at radius 2 is 1.87 bits per heavy atom. The second-order valence-corrected chi connectivity index (χ2v) is 3.37. The molecule has 1 nitrogen and oxygen atoms in total. The molecule has 0 unspecified atom stereocenters. The summed E-state index contributed by atoms with van der Waals surface area (Å²) in [6.07, 6.45) is -3.01. The lowest BCUT2D eigenvalue weighted by Crippen LogP contribution is -2.14. The van der Waals surface area contributed by atoms with Crippen molar-refractivity contribution in [2.75, 3.05) is 0 Å². The molecule has 6 heteroatoms. The van der Waals surface area contributed by atoms with Gasteiger partial charge < -0.3 is 5.73 Å². The van der Waals surface area contributed by atoms with Gasteiger partial charge in [0.15, 0.2) is 0 Å². The van der Waals surface area contributed by atoms with Gasteiger partial charge in [0.1, 0.15) is 5.82 Å². The van der Waals surface area contributed by atoms with Crippen molar-refractivity contribution in [1.29, 1.82) is 0 Å². The third-order valence-electron chi connectivity index (χ3n) is 1.75. The molecule has 0 amide bonds. The standard InChI is InChI=1S/C9H9ClF3N.ClH/c10-6-1-5(2-7(11)3-6)8(14)4-9(12)13;/h1-3,8-9H,4,14H2;1H/t8-;/m0./s1. The normalized spacial score (nSPS) is 12.4. The average molecular weight is 260 g/mol. The molecule has 0 radical (unpaired) electrons. The van der Waals surface area contributed by atoms with Crippen molar-refractivity contribution >= 4 is 24.0 Å². The predicted octanol–water partition coefficient (Wildman–Crippen LogP) is 3.56. The van der Waals surface area contributed by atoms with E-state index in [0.29, 0.717) is 0 Å². The van der Waals surface area contributed by atoms with Gasteiger partial charge in [0.2, 0.25) is 6.43 Å². The Bertz CT molecular complexity index is 300. The number of nitrogens with two attached hydrogens (primary N) is 1. The van der Waals surface area contributed by atoms with Crippen molar-refractivity contribution in [2.45, 2.75) is 18.9 Å². The SMILES string of the molecule is Cl.N[C@@H](CC(F)F)c1cc(F)cc(Cl)c1. The van der Waals surface area contributed by atoms with E-state index in [1.807, 2.05) is 0 Å². The van der Waals surface area contributed by atoms with Crippen molar-refractivity contribution < 1.29 is 13.2 Å². The fraction of sp³-hybridized carbons (Fsp3) is 0.333. The number of benzene rings is 1. The largest absolute Gasteiger partial charge is 0.324 e. The first-order valence-corrected chi connectivity index (χ1v) is 4.36. The lowest BCUT2D eigenvalue weighted by Gasteiger charge is -2.11. The van der Waals surface area contributed by atoms with Crippen LogP contribution in [0.5, 0.6) is 0 Å². The number of hydrogen-bond acceptors (Lipinski definition) is 1. The lowest BCUT2D eigenvalue weighted by molar-refractivity contribution is 0.128. The summed E-state index contributed by atoms with van der Waals surface area (Å²) in [5.74, 6) is -0.572. The van der Waals surface area contributed by atoms with Gasteiger partial charge in [-0.2, -0.15) is 0 Å². The second-order valence-electron chi connectivity index (χ2n) is 2.94. The Morgan fingerprint density at radius 1 is 1.27 bits per heavy atom. The van der Waals surface area contributed by atoms with Crippen molar-refractivity contribution in [3.05, 3.63) is 34.6 Å². The zero-order valence-corrected chi connectivity index (χ0v) is 9.16. The van der Waals surface area contributed by atoms with Crippen LogP contribution in [0.3, 0.4) is 0 Å². The molecule has 0 aromatic heterocycles. The van der Waals surface area contributed by atoms with Crippen LogP contribution in [0, 0.1) is 5.82 Å². The molecule has 0 saturated heterocycles. The van der Waals surface area contributed by atoms with Crippen molar-refractivity contribution in [1.82, 2.24) is 0 Å². The van der Waals surface area contributed by atoms with Gasteiger partial charge in [-0.3, -0.25) is 0 Å². The highest BCUT2D eigenvalue weighted by Gasteiger charge is 2.14. The quantitative estimate of drug-likeness (QED) is 0.883. The molecule has 1 aromatic carbocycles. The van der Waals surface area contributed by atoms with Gasteiger partial charge in [0, 0.05) is 17.5 Å². The van der Waals surface area contributed by atoms with Gasteiger partial charge in [-0.25, -0.2) is 13.2 Å². The van der Waals surface area contributed by atoms with Gasteiger partial charge in [0.05, 0.1) is 0 Å². The third kappa shape index (κ3) is 4.73. The molecule has 1 atom stereocenters. The monoisotopic (exact) mass is 259 g/mol. The zero-order valence-electron chi connectivity index (χ0n) is 7.59. The summed E-state index contributed by atoms with van der Waals surface area (Å²) in [6, 6.07) is 2.71. The van der Waals surface area contributed by atoms with E-state index in [4.69, 9.17) is 17.3 Å². The summed E-state index contributed by atoms with van der Waals surface area (Å²) in [7, 11) is 0. The molecule has 0 fully saturated rings. The van der Waals surface area contributed by atoms with Crippen LogP contribution in [-0.4, -0.2) is 6.43 Å². The van der Waals surface area contributed by atoms with Crippen LogP contribution in [0.15, 0.2) is 18.2 Å². The molecule has 0 saturated carbocycles. The van der Waals surface area contributed by atoms with Crippen LogP contribution in [0.4, 0.5) is 13.2 Å². The Labute approximate surface area is 96.8 Å². The number of hydrogen-bond donors (Lipinski definition) is 1. The summed E-state index contributed by atoms with van der Waals surface area (Å²) >= 11 is 5.55. The summed E-state index contributed by atoms with van der Waals surface area (Å²) in [5, 5.41) is 0.157. The molecule has 86 valence electrons. The van der Waals surface area contributed by atoms with Crippen LogP contribution >= 0.6 is 24.0 Å². The van der Waals surface area contributed by atoms with Crippen LogP contribution < -0.4 is 5.73 Å². The van der Waals surface area contributed by atoms with Crippen molar-refractivity contribution in [2.24, 2.45) is 5.73 Å². The second kappa shape index (κ2) is 6.20. The molecule has 0 aliphatic heterocycles. The van der Waals surface area contributed by atoms with E-state index in [1.165, 1.54) is 6.07 Å². The van der Waals surface area contributed by atoms with E-state index >= 15 is 0 Å². The minimum absolute atomic E-state index is 0. The lowest BCUT2D eigenvalue weighted by atomic mass is 10.1. The highest BCUT2D eigenvalue weighted by Crippen LogP contribution is 2.22. The van der Waals surface area contributed by atoms with Gasteiger partial charge in [-0.1, -0.05) is 11.6 Å². The Kier molecular flexibility index (Phi) is 6.02. The maximum Gasteiger partial charge on any atom is 0.240 e. The van der Waals surface area contributed by atoms with Crippen LogP contribution in [-0.2, 0) is 0 Å². The summed E-state index contributed by atoms with van der Waals surface area (Å²) < 4.78 is 36.7. The maximum absolute atomic E-state index is 12.8. The first kappa shape index (κ1) is 14.6. The van der Waals surface area contributed by atoms with E-state index in [0.717, 1.165) is 12.1 Å². The highest BCUT2D eigenvalue weighted by atomic mass is 35.5. The van der Waals surface area contributed by atoms with E-state index in [9.17, 15) is 13.2 Å². The molecule has 0 bridgehead atoms. The number of alkyl halides is 2. The number of rotatable bonds is 3. The molecule has 0 aliphatic carbocycles. The van der Waals surface area contributed by atoms with E-state index in [2.05, 4.69) is 0 Å². The fourth-order valence-electron chi connectivity index (χ4n) is 1.12. The van der Waals surface area contributed by atoms with Gasteiger partial charge in [0.25, 0.3) is 0 Å². The van der Waals surface area contributed by atoms with E-state index < -0.39 is 24.7 Å². The molecular formula is C9H10Cl2F3N. The van der Waals surface area contributed by atoms with Crippen molar-refractivity contribution in [3.8, 4) is 0 Å². The van der Waals surface area contributed by atoms with Crippen LogP contribution in [0.2, 0.25) is 5.02 Å². The van der Waals surface area contributed by atoms with Gasteiger partial charge >= 0.3 is 0 Å². The predicted molar refractivity (Wildman–Crippen MR) is 56.2 cm³/mol. The Balaban J connectivity index is 0.00000196. The summed E-state index contributed by atoms with van der Waals surface area (Å²) in [4.78, 5) is 0. The first-order chi connectivity index (χ1) is 6.49. The Morgan fingerprint density at radius 3 is 2.33 bits per heavy atom. The topological polar surface area (TPSA) is 26.0 Å². The fourth-order valence-corrected chi connectivity index (χ4v) is 1.35. The summed E-state index contributed by atoms with van der Waals surface area (Å²) in [6.45, 7) is 0. The number of halogens is 5. The molecule has 1 rings (SSSR count). The molecule has 15 heavy (non-hydrogen) atoms. The average Bonchev–Trinajstić information content (AvgIpc) is 2.00. The molecule has 0 aliphatic rings. The van der Waals surface area contributed by atoms with Crippen molar-refractivity contribution in [3.63, 3.8) is 0 Å². The first-order valence-electron chi connectivity index (χ1n) is 3.98. The van der Waals surface area contributed by atoms with Crippen LogP contribution in [0.25, 0.3) is 0 Å². The van der Waals surface area contributed by atoms with E-state index in [1.54, 1.807) is 0 Å². The minimum Gasteiger partial charge on any atom is -0.324 e. The van der Waals surface area contributed by atoms with E-state index in [-0.39, 0.29) is 23.0 Å². The Hall–Kier alpha value is -0.450. The highest BCUT2D eigenvalue weighted by molar-refractivity contribution is 6.30. The molecule has 1 aromatic rings. The zero-order chi connectivity index (χ0) is 10.7. The molecule has 2 N–H and O–H groups in total. The molecular weight excluding hydrogens is 250 g/mol.